The number of hydrogen-bond donors (Lipinski definition) is 1. The van der Waals surface area contributed by atoms with Crippen molar-refractivity contribution in [2.24, 2.45) is 5.92 Å². The van der Waals surface area contributed by atoms with E-state index in [1.807, 2.05) is 6.07 Å². The zero-order valence-electron chi connectivity index (χ0n) is 9.96. The number of benzene rings is 1. The molecule has 0 radical (unpaired) electrons. The van der Waals surface area contributed by atoms with Gasteiger partial charge in [-0.3, -0.25) is 4.79 Å². The molecule has 0 atom stereocenters. The maximum absolute atomic E-state index is 11.6. The maximum atomic E-state index is 11.6. The van der Waals surface area contributed by atoms with Crippen molar-refractivity contribution in [2.75, 3.05) is 5.32 Å². The number of nitrogens with zero attached hydrogens (tertiary/aromatic N) is 1. The molecule has 1 rings (SSSR count). The average molecular weight is 251 g/mol. The predicted molar refractivity (Wildman–Crippen MR) is 68.9 cm³/mol. The summed E-state index contributed by atoms with van der Waals surface area (Å²) in [5, 5.41) is 11.8. The van der Waals surface area contributed by atoms with Gasteiger partial charge in [0.1, 0.15) is 6.07 Å². The number of halogens is 1. The van der Waals surface area contributed by atoms with Gasteiger partial charge in [-0.05, 0) is 30.5 Å². The van der Waals surface area contributed by atoms with E-state index < -0.39 is 0 Å². The first kappa shape index (κ1) is 13.5. The first-order chi connectivity index (χ1) is 8.02. The molecule has 0 aliphatic carbocycles. The fourth-order valence-corrected chi connectivity index (χ4v) is 1.55. The molecule has 90 valence electrons. The van der Waals surface area contributed by atoms with Crippen molar-refractivity contribution in [3.63, 3.8) is 0 Å². The number of hydrogen-bond acceptors (Lipinski definition) is 2. The zero-order chi connectivity index (χ0) is 12.8. The van der Waals surface area contributed by atoms with Crippen molar-refractivity contribution in [1.29, 1.82) is 5.26 Å². The monoisotopic (exact) mass is 250 g/mol. The summed E-state index contributed by atoms with van der Waals surface area (Å²) in [6.07, 6.45) is 1.35. The number of anilines is 1. The lowest BCUT2D eigenvalue weighted by atomic mass is 10.1. The Morgan fingerprint density at radius 1 is 1.53 bits per heavy atom. The first-order valence-corrected chi connectivity index (χ1v) is 5.90. The largest absolute Gasteiger partial charge is 0.326 e. The van der Waals surface area contributed by atoms with Crippen molar-refractivity contribution in [1.82, 2.24) is 0 Å². The van der Waals surface area contributed by atoms with Gasteiger partial charge in [-0.25, -0.2) is 0 Å². The number of nitrogens with one attached hydrogen (secondary N) is 1. The lowest BCUT2D eigenvalue weighted by Crippen LogP contribution is -2.12. The number of nitriles is 1. The summed E-state index contributed by atoms with van der Waals surface area (Å²) in [4.78, 5) is 11.6. The Bertz CT molecular complexity index is 449. The molecule has 0 aromatic heterocycles. The molecule has 0 saturated heterocycles. The van der Waals surface area contributed by atoms with Gasteiger partial charge in [-0.2, -0.15) is 5.26 Å². The van der Waals surface area contributed by atoms with Gasteiger partial charge < -0.3 is 5.32 Å². The lowest BCUT2D eigenvalue weighted by Gasteiger charge is -2.07. The Morgan fingerprint density at radius 2 is 2.24 bits per heavy atom. The molecule has 0 spiro atoms. The summed E-state index contributed by atoms with van der Waals surface area (Å²) >= 11 is 5.87. The van der Waals surface area contributed by atoms with Crippen LogP contribution < -0.4 is 5.32 Å². The Labute approximate surface area is 106 Å². The van der Waals surface area contributed by atoms with Crippen LogP contribution in [-0.2, 0) is 4.79 Å². The minimum absolute atomic E-state index is 0.0283. The standard InChI is InChI=1S/C13H15ClN2O/c1-9(2)3-6-13(17)16-11-5-4-10(8-15)12(14)7-11/h4-5,7,9H,3,6H2,1-2H3,(H,16,17). The van der Waals surface area contributed by atoms with E-state index in [0.29, 0.717) is 28.6 Å². The van der Waals surface area contributed by atoms with E-state index in [0.717, 1.165) is 6.42 Å². The zero-order valence-corrected chi connectivity index (χ0v) is 10.7. The van der Waals surface area contributed by atoms with E-state index in [9.17, 15) is 4.79 Å². The Morgan fingerprint density at radius 3 is 2.76 bits per heavy atom. The van der Waals surface area contributed by atoms with Gasteiger partial charge in [0.05, 0.1) is 10.6 Å². The second kappa shape index (κ2) is 6.27. The molecule has 1 N–H and O–H groups in total. The molecule has 17 heavy (non-hydrogen) atoms. The van der Waals surface area contributed by atoms with Gasteiger partial charge in [0, 0.05) is 12.1 Å². The molecule has 1 aromatic rings. The van der Waals surface area contributed by atoms with Crippen LogP contribution in [-0.4, -0.2) is 5.91 Å². The van der Waals surface area contributed by atoms with Crippen LogP contribution in [0.1, 0.15) is 32.3 Å². The second-order valence-electron chi connectivity index (χ2n) is 4.29. The van der Waals surface area contributed by atoms with E-state index in [1.54, 1.807) is 18.2 Å². The van der Waals surface area contributed by atoms with Crippen LogP contribution in [0.25, 0.3) is 0 Å². The minimum atomic E-state index is -0.0283. The van der Waals surface area contributed by atoms with Crippen LogP contribution in [0.2, 0.25) is 5.02 Å². The molecule has 0 unspecified atom stereocenters. The van der Waals surface area contributed by atoms with Crippen molar-refractivity contribution >= 4 is 23.2 Å². The van der Waals surface area contributed by atoms with Crippen LogP contribution in [0.5, 0.6) is 0 Å². The van der Waals surface area contributed by atoms with Crippen molar-refractivity contribution in [2.45, 2.75) is 26.7 Å². The topological polar surface area (TPSA) is 52.9 Å². The fourth-order valence-electron chi connectivity index (χ4n) is 1.33. The Balaban J connectivity index is 2.61. The predicted octanol–water partition coefficient (Wildman–Crippen LogP) is 3.59. The second-order valence-corrected chi connectivity index (χ2v) is 4.69. The number of carbonyl (C=O) groups excluding carboxylic acids is 1. The highest BCUT2D eigenvalue weighted by atomic mass is 35.5. The molecule has 0 aliphatic heterocycles. The molecular weight excluding hydrogens is 236 g/mol. The van der Waals surface area contributed by atoms with Crippen LogP contribution in [0.15, 0.2) is 18.2 Å². The van der Waals surface area contributed by atoms with Gasteiger partial charge in [-0.15, -0.1) is 0 Å². The molecule has 3 nitrogen and oxygen atoms in total. The molecule has 0 fully saturated rings. The third-order valence-electron chi connectivity index (χ3n) is 2.32. The van der Waals surface area contributed by atoms with Gasteiger partial charge in [0.2, 0.25) is 5.91 Å². The molecule has 0 aliphatic rings. The first-order valence-electron chi connectivity index (χ1n) is 5.52. The highest BCUT2D eigenvalue weighted by Gasteiger charge is 2.06. The number of amides is 1. The fraction of sp³-hybridized carbons (Fsp3) is 0.385. The highest BCUT2D eigenvalue weighted by molar-refractivity contribution is 6.32. The van der Waals surface area contributed by atoms with Gasteiger partial charge in [0.15, 0.2) is 0 Å². The van der Waals surface area contributed by atoms with E-state index in [4.69, 9.17) is 16.9 Å². The quantitative estimate of drug-likeness (QED) is 0.888. The molecule has 1 amide bonds. The SMILES string of the molecule is CC(C)CCC(=O)Nc1ccc(C#N)c(Cl)c1. The molecular formula is C13H15ClN2O. The van der Waals surface area contributed by atoms with Gasteiger partial charge >= 0.3 is 0 Å². The smallest absolute Gasteiger partial charge is 0.224 e. The van der Waals surface area contributed by atoms with E-state index in [1.165, 1.54) is 0 Å². The summed E-state index contributed by atoms with van der Waals surface area (Å²) in [5.74, 6) is 0.477. The maximum Gasteiger partial charge on any atom is 0.224 e. The average Bonchev–Trinajstić information content (AvgIpc) is 2.26. The van der Waals surface area contributed by atoms with Crippen LogP contribution in [0.4, 0.5) is 5.69 Å². The molecule has 1 aromatic carbocycles. The summed E-state index contributed by atoms with van der Waals surface area (Å²) in [6, 6.07) is 6.84. The van der Waals surface area contributed by atoms with Crippen LogP contribution in [0, 0.1) is 17.2 Å². The van der Waals surface area contributed by atoms with E-state index in [-0.39, 0.29) is 5.91 Å². The molecule has 0 bridgehead atoms. The lowest BCUT2D eigenvalue weighted by molar-refractivity contribution is -0.116. The number of rotatable bonds is 4. The third kappa shape index (κ3) is 4.46. The third-order valence-corrected chi connectivity index (χ3v) is 2.63. The Kier molecular flexibility index (Phi) is 4.99. The van der Waals surface area contributed by atoms with Crippen molar-refractivity contribution in [3.8, 4) is 6.07 Å². The number of carbonyl (C=O) groups is 1. The summed E-state index contributed by atoms with van der Waals surface area (Å²) in [7, 11) is 0. The summed E-state index contributed by atoms with van der Waals surface area (Å²) in [5.41, 5.74) is 1.04. The molecule has 4 heteroatoms. The normalized spacial score (nSPS) is 10.1. The molecule has 0 saturated carbocycles. The van der Waals surface area contributed by atoms with E-state index >= 15 is 0 Å². The summed E-state index contributed by atoms with van der Waals surface area (Å²) < 4.78 is 0. The minimum Gasteiger partial charge on any atom is -0.326 e. The van der Waals surface area contributed by atoms with E-state index in [2.05, 4.69) is 19.2 Å². The van der Waals surface area contributed by atoms with Crippen LogP contribution >= 0.6 is 11.6 Å². The van der Waals surface area contributed by atoms with Crippen LogP contribution in [0.3, 0.4) is 0 Å². The van der Waals surface area contributed by atoms with Gasteiger partial charge in [0.25, 0.3) is 0 Å². The van der Waals surface area contributed by atoms with Crippen molar-refractivity contribution < 1.29 is 4.79 Å². The van der Waals surface area contributed by atoms with Crippen molar-refractivity contribution in [3.05, 3.63) is 28.8 Å². The Hall–Kier alpha value is -1.53. The summed E-state index contributed by atoms with van der Waals surface area (Å²) in [6.45, 7) is 4.15. The van der Waals surface area contributed by atoms with Gasteiger partial charge in [-0.1, -0.05) is 25.4 Å². The highest BCUT2D eigenvalue weighted by Crippen LogP contribution is 2.20. The molecule has 0 heterocycles.